The van der Waals surface area contributed by atoms with Crippen molar-refractivity contribution in [1.29, 1.82) is 5.26 Å². The number of nitro groups is 1. The lowest BCUT2D eigenvalue weighted by Gasteiger charge is -2.07. The fourth-order valence-electron chi connectivity index (χ4n) is 1.52. The average Bonchev–Trinajstić information content (AvgIpc) is 2.41. The summed E-state index contributed by atoms with van der Waals surface area (Å²) in [6.45, 7) is 1.73. The maximum atomic E-state index is 11.0. The highest BCUT2D eigenvalue weighted by Crippen LogP contribution is 2.33. The molecular formula is C13H8ClN3O3. The third-order valence-electron chi connectivity index (χ3n) is 2.44. The van der Waals surface area contributed by atoms with Crippen molar-refractivity contribution in [3.63, 3.8) is 0 Å². The molecule has 1 heterocycles. The zero-order valence-corrected chi connectivity index (χ0v) is 11.1. The van der Waals surface area contributed by atoms with Crippen LogP contribution in [0.5, 0.6) is 11.6 Å². The Morgan fingerprint density at radius 2 is 2.15 bits per heavy atom. The molecule has 0 fully saturated rings. The molecule has 0 N–H and O–H groups in total. The number of nitro benzene ring substituents is 1. The number of rotatable bonds is 3. The number of pyridine rings is 1. The van der Waals surface area contributed by atoms with Gasteiger partial charge in [0.05, 0.1) is 4.92 Å². The second-order valence-corrected chi connectivity index (χ2v) is 4.32. The van der Waals surface area contributed by atoms with Crippen LogP contribution in [0.1, 0.15) is 11.3 Å². The van der Waals surface area contributed by atoms with Crippen LogP contribution in [0.25, 0.3) is 0 Å². The zero-order chi connectivity index (χ0) is 14.7. The van der Waals surface area contributed by atoms with Crippen molar-refractivity contribution >= 4 is 17.3 Å². The maximum absolute atomic E-state index is 11.0. The van der Waals surface area contributed by atoms with Crippen molar-refractivity contribution < 1.29 is 9.66 Å². The summed E-state index contributed by atoms with van der Waals surface area (Å²) in [4.78, 5) is 14.4. The molecule has 2 aromatic rings. The highest BCUT2D eigenvalue weighted by Gasteiger charge is 2.18. The van der Waals surface area contributed by atoms with Crippen molar-refractivity contribution in [1.82, 2.24) is 4.98 Å². The van der Waals surface area contributed by atoms with Crippen LogP contribution in [-0.4, -0.2) is 9.91 Å². The minimum absolute atomic E-state index is 0.0194. The first kappa shape index (κ1) is 13.8. The summed E-state index contributed by atoms with van der Waals surface area (Å²) in [7, 11) is 0. The standard InChI is InChI=1S/C13H8ClN3O3/c1-8-2-3-9(7-15)13(16-8)20-12-5-4-10(14)6-11(12)17(18)19/h2-6H,1H3. The van der Waals surface area contributed by atoms with E-state index in [0.717, 1.165) is 0 Å². The minimum atomic E-state index is -0.608. The number of hydrogen-bond acceptors (Lipinski definition) is 5. The zero-order valence-electron chi connectivity index (χ0n) is 10.3. The Morgan fingerprint density at radius 3 is 2.80 bits per heavy atom. The quantitative estimate of drug-likeness (QED) is 0.636. The van der Waals surface area contributed by atoms with Gasteiger partial charge in [0, 0.05) is 16.8 Å². The molecule has 0 unspecified atom stereocenters. The minimum Gasteiger partial charge on any atom is -0.430 e. The van der Waals surface area contributed by atoms with E-state index in [1.807, 2.05) is 6.07 Å². The van der Waals surface area contributed by atoms with Gasteiger partial charge in [-0.15, -0.1) is 0 Å². The Hall–Kier alpha value is -2.65. The molecule has 1 aromatic heterocycles. The molecule has 0 spiro atoms. The van der Waals surface area contributed by atoms with Crippen molar-refractivity contribution in [2.24, 2.45) is 0 Å². The largest absolute Gasteiger partial charge is 0.430 e. The van der Waals surface area contributed by atoms with Gasteiger partial charge in [-0.3, -0.25) is 10.1 Å². The normalized spacial score (nSPS) is 9.85. The van der Waals surface area contributed by atoms with Gasteiger partial charge < -0.3 is 4.74 Å². The molecule has 0 saturated heterocycles. The van der Waals surface area contributed by atoms with Crippen molar-refractivity contribution in [3.8, 4) is 17.7 Å². The van der Waals surface area contributed by atoms with Gasteiger partial charge in [-0.1, -0.05) is 11.6 Å². The summed E-state index contributed by atoms with van der Waals surface area (Å²) < 4.78 is 5.39. The van der Waals surface area contributed by atoms with E-state index in [4.69, 9.17) is 21.6 Å². The van der Waals surface area contributed by atoms with E-state index >= 15 is 0 Å². The van der Waals surface area contributed by atoms with Crippen molar-refractivity contribution in [3.05, 3.63) is 56.7 Å². The summed E-state index contributed by atoms with van der Waals surface area (Å²) in [5.41, 5.74) is 0.542. The van der Waals surface area contributed by atoms with Crippen molar-refractivity contribution in [2.45, 2.75) is 6.92 Å². The Morgan fingerprint density at radius 1 is 1.40 bits per heavy atom. The molecule has 7 heteroatoms. The molecule has 0 aliphatic heterocycles. The fourth-order valence-corrected chi connectivity index (χ4v) is 1.69. The van der Waals surface area contributed by atoms with Gasteiger partial charge in [-0.2, -0.15) is 5.26 Å². The monoisotopic (exact) mass is 289 g/mol. The number of aromatic nitrogens is 1. The molecule has 0 radical (unpaired) electrons. The SMILES string of the molecule is Cc1ccc(C#N)c(Oc2ccc(Cl)cc2[N+](=O)[O-])n1. The second kappa shape index (κ2) is 5.55. The van der Waals surface area contributed by atoms with Crippen LogP contribution in [-0.2, 0) is 0 Å². The van der Waals surface area contributed by atoms with Gasteiger partial charge in [0.2, 0.25) is 11.6 Å². The summed E-state index contributed by atoms with van der Waals surface area (Å²) >= 11 is 5.72. The Kier molecular flexibility index (Phi) is 3.82. The van der Waals surface area contributed by atoms with Gasteiger partial charge in [-0.05, 0) is 31.2 Å². The molecule has 2 rings (SSSR count). The number of aryl methyl sites for hydroxylation is 1. The van der Waals surface area contributed by atoms with E-state index in [-0.39, 0.29) is 27.9 Å². The van der Waals surface area contributed by atoms with Crippen molar-refractivity contribution in [2.75, 3.05) is 0 Å². The maximum Gasteiger partial charge on any atom is 0.313 e. The molecule has 0 atom stereocenters. The summed E-state index contributed by atoms with van der Waals surface area (Å²) in [5.74, 6) is 0.00641. The molecule has 100 valence electrons. The number of ether oxygens (including phenoxy) is 1. The first-order valence-electron chi connectivity index (χ1n) is 5.51. The van der Waals surface area contributed by atoms with Crippen LogP contribution >= 0.6 is 11.6 Å². The smallest absolute Gasteiger partial charge is 0.313 e. The van der Waals surface area contributed by atoms with Gasteiger partial charge in [-0.25, -0.2) is 4.98 Å². The Balaban J connectivity index is 2.48. The first-order valence-corrected chi connectivity index (χ1v) is 5.88. The number of benzene rings is 1. The van der Waals surface area contributed by atoms with Crippen LogP contribution in [0.4, 0.5) is 5.69 Å². The predicted octanol–water partition coefficient (Wildman–Crippen LogP) is 3.62. The molecule has 20 heavy (non-hydrogen) atoms. The third kappa shape index (κ3) is 2.84. The molecule has 0 aliphatic carbocycles. The van der Waals surface area contributed by atoms with Gasteiger partial charge in [0.1, 0.15) is 11.6 Å². The topological polar surface area (TPSA) is 89.0 Å². The first-order chi connectivity index (χ1) is 9.51. The molecule has 0 bridgehead atoms. The average molecular weight is 290 g/mol. The molecule has 6 nitrogen and oxygen atoms in total. The Labute approximate surface area is 119 Å². The fraction of sp³-hybridized carbons (Fsp3) is 0.0769. The lowest BCUT2D eigenvalue weighted by Crippen LogP contribution is -1.97. The number of nitriles is 1. The van der Waals surface area contributed by atoms with Crippen LogP contribution in [0.2, 0.25) is 5.02 Å². The number of hydrogen-bond donors (Lipinski definition) is 0. The van der Waals surface area contributed by atoms with E-state index in [1.54, 1.807) is 19.1 Å². The van der Waals surface area contributed by atoms with E-state index in [9.17, 15) is 10.1 Å². The number of halogens is 1. The van der Waals surface area contributed by atoms with Crippen LogP contribution in [0.15, 0.2) is 30.3 Å². The van der Waals surface area contributed by atoms with Gasteiger partial charge in [0.25, 0.3) is 0 Å². The molecule has 1 aromatic carbocycles. The Bertz CT molecular complexity index is 725. The van der Waals surface area contributed by atoms with E-state index < -0.39 is 4.92 Å². The highest BCUT2D eigenvalue weighted by molar-refractivity contribution is 6.30. The third-order valence-corrected chi connectivity index (χ3v) is 2.68. The molecule has 0 saturated carbocycles. The molecule has 0 amide bonds. The lowest BCUT2D eigenvalue weighted by molar-refractivity contribution is -0.385. The number of nitrogens with zero attached hydrogens (tertiary/aromatic N) is 3. The van der Waals surface area contributed by atoms with Crippen LogP contribution in [0, 0.1) is 28.4 Å². The summed E-state index contributed by atoms with van der Waals surface area (Å²) in [6.07, 6.45) is 0. The lowest BCUT2D eigenvalue weighted by atomic mass is 10.2. The summed E-state index contributed by atoms with van der Waals surface area (Å²) in [6, 6.07) is 9.13. The molecule has 0 aliphatic rings. The summed E-state index contributed by atoms with van der Waals surface area (Å²) in [5, 5.41) is 20.2. The van der Waals surface area contributed by atoms with E-state index in [1.165, 1.54) is 18.2 Å². The van der Waals surface area contributed by atoms with Gasteiger partial charge in [0.15, 0.2) is 0 Å². The second-order valence-electron chi connectivity index (χ2n) is 3.89. The van der Waals surface area contributed by atoms with Crippen LogP contribution < -0.4 is 4.74 Å². The highest BCUT2D eigenvalue weighted by atomic mass is 35.5. The van der Waals surface area contributed by atoms with Crippen LogP contribution in [0.3, 0.4) is 0 Å². The predicted molar refractivity (Wildman–Crippen MR) is 71.9 cm³/mol. The van der Waals surface area contributed by atoms with E-state index in [2.05, 4.69) is 4.98 Å². The van der Waals surface area contributed by atoms with Gasteiger partial charge >= 0.3 is 5.69 Å². The molecular weight excluding hydrogens is 282 g/mol. The van der Waals surface area contributed by atoms with E-state index in [0.29, 0.717) is 5.69 Å².